The molecule has 3 amide bonds. The van der Waals surface area contributed by atoms with Crippen molar-refractivity contribution >= 4 is 29.1 Å². The quantitative estimate of drug-likeness (QED) is 0.704. The third kappa shape index (κ3) is 5.97. The first-order valence-electron chi connectivity index (χ1n) is 11.4. The zero-order valence-corrected chi connectivity index (χ0v) is 18.7. The van der Waals surface area contributed by atoms with Crippen molar-refractivity contribution in [3.63, 3.8) is 0 Å². The van der Waals surface area contributed by atoms with Gasteiger partial charge in [0.2, 0.25) is 11.8 Å². The lowest BCUT2D eigenvalue weighted by atomic mass is 10.1. The van der Waals surface area contributed by atoms with Crippen molar-refractivity contribution in [3.05, 3.63) is 66.2 Å². The number of carbonyl (C=O) groups is 3. The van der Waals surface area contributed by atoms with Crippen LogP contribution in [0.4, 0.5) is 5.69 Å². The number of benzene rings is 2. The molecule has 0 aromatic heterocycles. The lowest BCUT2D eigenvalue weighted by Gasteiger charge is -2.36. The van der Waals surface area contributed by atoms with Crippen LogP contribution in [0.3, 0.4) is 0 Å². The smallest absolute Gasteiger partial charge is 0.267 e. The van der Waals surface area contributed by atoms with Crippen molar-refractivity contribution in [2.75, 3.05) is 37.6 Å². The maximum absolute atomic E-state index is 12.6. The van der Waals surface area contributed by atoms with Gasteiger partial charge in [-0.05, 0) is 17.7 Å². The summed E-state index contributed by atoms with van der Waals surface area (Å²) in [6, 6.07) is 19.7. The number of nitrogens with zero attached hydrogens (tertiary/aromatic N) is 4. The average Bonchev–Trinajstić information content (AvgIpc) is 2.86. The molecule has 0 aliphatic carbocycles. The van der Waals surface area contributed by atoms with Crippen LogP contribution in [0.15, 0.2) is 65.8 Å². The lowest BCUT2D eigenvalue weighted by Crippen LogP contribution is -2.49. The van der Waals surface area contributed by atoms with Crippen LogP contribution in [0.25, 0.3) is 0 Å². The van der Waals surface area contributed by atoms with E-state index in [0.717, 1.165) is 18.7 Å². The van der Waals surface area contributed by atoms with Gasteiger partial charge in [0.05, 0.1) is 6.54 Å². The molecular weight excluding hydrogens is 418 g/mol. The van der Waals surface area contributed by atoms with E-state index in [4.69, 9.17) is 0 Å². The Hall–Kier alpha value is -3.68. The molecule has 0 atom stereocenters. The van der Waals surface area contributed by atoms with E-state index in [9.17, 15) is 14.4 Å². The predicted octanol–water partition coefficient (Wildman–Crippen LogP) is 2.02. The Morgan fingerprint density at radius 1 is 0.879 bits per heavy atom. The van der Waals surface area contributed by atoms with E-state index in [1.165, 1.54) is 10.7 Å². The van der Waals surface area contributed by atoms with Crippen LogP contribution < -0.4 is 10.2 Å². The van der Waals surface area contributed by atoms with Crippen LogP contribution in [-0.2, 0) is 20.9 Å². The number of piperazine rings is 1. The highest BCUT2D eigenvalue weighted by Gasteiger charge is 2.25. The molecule has 2 aliphatic rings. The minimum Gasteiger partial charge on any atom is -0.368 e. The van der Waals surface area contributed by atoms with E-state index < -0.39 is 0 Å². The third-order valence-electron chi connectivity index (χ3n) is 5.92. The zero-order chi connectivity index (χ0) is 23.0. The average molecular weight is 448 g/mol. The molecule has 0 unspecified atom stereocenters. The topological polar surface area (TPSA) is 85.3 Å². The summed E-state index contributed by atoms with van der Waals surface area (Å²) < 4.78 is 0. The Balaban J connectivity index is 1.22. The van der Waals surface area contributed by atoms with Crippen LogP contribution in [0.5, 0.6) is 0 Å². The van der Waals surface area contributed by atoms with E-state index >= 15 is 0 Å². The second kappa shape index (κ2) is 10.8. The van der Waals surface area contributed by atoms with Crippen molar-refractivity contribution in [2.45, 2.75) is 25.8 Å². The molecule has 33 heavy (non-hydrogen) atoms. The number of nitrogens with one attached hydrogen (secondary N) is 1. The van der Waals surface area contributed by atoms with Gasteiger partial charge in [0.25, 0.3) is 5.91 Å². The molecule has 1 N–H and O–H groups in total. The summed E-state index contributed by atoms with van der Waals surface area (Å²) in [6.45, 7) is 3.52. The summed E-state index contributed by atoms with van der Waals surface area (Å²) in [7, 11) is 0. The van der Waals surface area contributed by atoms with Gasteiger partial charge in [-0.15, -0.1) is 0 Å². The van der Waals surface area contributed by atoms with Crippen LogP contribution in [-0.4, -0.2) is 66.1 Å². The second-order valence-corrected chi connectivity index (χ2v) is 8.19. The van der Waals surface area contributed by atoms with Crippen LogP contribution >= 0.6 is 0 Å². The van der Waals surface area contributed by atoms with Gasteiger partial charge in [0.1, 0.15) is 5.71 Å². The highest BCUT2D eigenvalue weighted by Crippen LogP contribution is 2.16. The number of anilines is 1. The monoisotopic (exact) mass is 447 g/mol. The van der Waals surface area contributed by atoms with E-state index in [0.29, 0.717) is 31.8 Å². The maximum Gasteiger partial charge on any atom is 0.267 e. The maximum atomic E-state index is 12.6. The highest BCUT2D eigenvalue weighted by atomic mass is 16.2. The zero-order valence-electron chi connectivity index (χ0n) is 18.7. The minimum atomic E-state index is -0.317. The molecule has 2 heterocycles. The van der Waals surface area contributed by atoms with Crippen LogP contribution in [0, 0.1) is 0 Å². The molecule has 2 aromatic rings. The van der Waals surface area contributed by atoms with Gasteiger partial charge in [0.15, 0.2) is 0 Å². The fourth-order valence-corrected chi connectivity index (χ4v) is 4.04. The van der Waals surface area contributed by atoms with Crippen LogP contribution in [0.2, 0.25) is 0 Å². The van der Waals surface area contributed by atoms with Gasteiger partial charge >= 0.3 is 0 Å². The fourth-order valence-electron chi connectivity index (χ4n) is 4.04. The summed E-state index contributed by atoms with van der Waals surface area (Å²) in [4.78, 5) is 41.4. The summed E-state index contributed by atoms with van der Waals surface area (Å²) in [5.41, 5.74) is 2.45. The predicted molar refractivity (Wildman–Crippen MR) is 127 cm³/mol. The highest BCUT2D eigenvalue weighted by molar-refractivity contribution is 6.39. The normalized spacial score (nSPS) is 16.4. The standard InChI is InChI=1S/C25H29N5O3/c31-23(29-17-15-28(16-18-29)21-9-5-2-6-10-21)13-14-26-25(33)22-11-12-24(32)30(27-22)19-20-7-3-1-4-8-20/h1-10H,11-19H2,(H,26,33). The Bertz CT molecular complexity index is 1000. The van der Waals surface area contributed by atoms with E-state index in [-0.39, 0.29) is 37.1 Å². The molecule has 1 saturated heterocycles. The number of hydrogen-bond acceptors (Lipinski definition) is 5. The second-order valence-electron chi connectivity index (χ2n) is 8.19. The number of hydrogen-bond donors (Lipinski definition) is 1. The number of para-hydroxylation sites is 1. The lowest BCUT2D eigenvalue weighted by molar-refractivity contribution is -0.132. The molecule has 1 fully saturated rings. The van der Waals surface area contributed by atoms with E-state index in [1.54, 1.807) is 0 Å². The van der Waals surface area contributed by atoms with Crippen molar-refractivity contribution in [1.82, 2.24) is 15.2 Å². The molecule has 8 heteroatoms. The van der Waals surface area contributed by atoms with Gasteiger partial charge < -0.3 is 15.1 Å². The first-order chi connectivity index (χ1) is 16.1. The summed E-state index contributed by atoms with van der Waals surface area (Å²) in [6.07, 6.45) is 0.812. The Morgan fingerprint density at radius 3 is 2.24 bits per heavy atom. The van der Waals surface area contributed by atoms with Gasteiger partial charge in [-0.25, -0.2) is 5.01 Å². The summed E-state index contributed by atoms with van der Waals surface area (Å²) in [5.74, 6) is -0.378. The molecule has 0 bridgehead atoms. The Labute approximate surface area is 193 Å². The largest absolute Gasteiger partial charge is 0.368 e. The molecule has 0 spiro atoms. The molecule has 172 valence electrons. The molecule has 4 rings (SSSR count). The van der Waals surface area contributed by atoms with E-state index in [2.05, 4.69) is 27.5 Å². The summed E-state index contributed by atoms with van der Waals surface area (Å²) in [5, 5.41) is 8.41. The minimum absolute atomic E-state index is 0.0366. The Morgan fingerprint density at radius 2 is 1.55 bits per heavy atom. The number of hydrazone groups is 1. The first kappa shape index (κ1) is 22.5. The van der Waals surface area contributed by atoms with Gasteiger partial charge in [-0.3, -0.25) is 14.4 Å². The number of rotatable bonds is 7. The van der Waals surface area contributed by atoms with Crippen molar-refractivity contribution in [1.29, 1.82) is 0 Å². The van der Waals surface area contributed by atoms with Gasteiger partial charge in [-0.1, -0.05) is 48.5 Å². The summed E-state index contributed by atoms with van der Waals surface area (Å²) >= 11 is 0. The number of amides is 3. The third-order valence-corrected chi connectivity index (χ3v) is 5.92. The molecular formula is C25H29N5O3. The van der Waals surface area contributed by atoms with Crippen molar-refractivity contribution in [2.24, 2.45) is 5.10 Å². The van der Waals surface area contributed by atoms with Gasteiger partial charge in [-0.2, -0.15) is 5.10 Å². The molecule has 0 radical (unpaired) electrons. The number of carbonyl (C=O) groups excluding carboxylic acids is 3. The SMILES string of the molecule is O=C(NCCC(=O)N1CCN(c2ccccc2)CC1)C1=NN(Cc2ccccc2)C(=O)CC1. The molecule has 8 nitrogen and oxygen atoms in total. The van der Waals surface area contributed by atoms with Crippen molar-refractivity contribution < 1.29 is 14.4 Å². The van der Waals surface area contributed by atoms with Gasteiger partial charge in [0, 0.05) is 57.7 Å². The van der Waals surface area contributed by atoms with Crippen LogP contribution in [0.1, 0.15) is 24.8 Å². The molecule has 2 aliphatic heterocycles. The van der Waals surface area contributed by atoms with Crippen molar-refractivity contribution in [3.8, 4) is 0 Å². The van der Waals surface area contributed by atoms with E-state index in [1.807, 2.05) is 53.4 Å². The molecule has 0 saturated carbocycles. The first-order valence-corrected chi connectivity index (χ1v) is 11.4. The molecule has 2 aromatic carbocycles. The fraction of sp³-hybridized carbons (Fsp3) is 0.360. The Kier molecular flexibility index (Phi) is 7.34.